The third-order valence-electron chi connectivity index (χ3n) is 4.69. The highest BCUT2D eigenvalue weighted by molar-refractivity contribution is 7.87. The number of amides is 1. The number of alkyl halides is 3. The fourth-order valence-corrected chi connectivity index (χ4v) is 3.92. The molecule has 10 heteroatoms. The smallest absolute Gasteiger partial charge is 0.378 e. The number of carbonyl (C=O) groups is 1. The average molecular weight is 491 g/mol. The van der Waals surface area contributed by atoms with Crippen LogP contribution in [0, 0.1) is 0 Å². The van der Waals surface area contributed by atoms with E-state index >= 15 is 0 Å². The summed E-state index contributed by atoms with van der Waals surface area (Å²) in [6.45, 7) is 0. The number of halogens is 3. The van der Waals surface area contributed by atoms with E-state index in [1.807, 2.05) is 30.3 Å². The highest BCUT2D eigenvalue weighted by Gasteiger charge is 2.31. The van der Waals surface area contributed by atoms with Gasteiger partial charge in [0.2, 0.25) is 5.91 Å². The fraction of sp³-hybridized carbons (Fsp3) is 0.167. The molecule has 1 amide bonds. The number of nitrogens with one attached hydrogen (secondary N) is 1. The summed E-state index contributed by atoms with van der Waals surface area (Å²) in [7, 11) is -4.39. The molecule has 34 heavy (non-hydrogen) atoms. The molecular formula is C24H21F3N2O4S. The lowest BCUT2D eigenvalue weighted by atomic mass is 10.1. The molecule has 0 unspecified atom stereocenters. The summed E-state index contributed by atoms with van der Waals surface area (Å²) in [5.41, 5.74) is 2.78. The summed E-state index contributed by atoms with van der Waals surface area (Å²) < 4.78 is 68.3. The summed E-state index contributed by atoms with van der Waals surface area (Å²) >= 11 is 0. The van der Waals surface area contributed by atoms with E-state index in [4.69, 9.17) is 4.18 Å². The van der Waals surface area contributed by atoms with E-state index in [1.54, 1.807) is 6.07 Å². The van der Waals surface area contributed by atoms with Crippen LogP contribution in [0.4, 0.5) is 13.2 Å². The van der Waals surface area contributed by atoms with E-state index in [-0.39, 0.29) is 23.6 Å². The van der Waals surface area contributed by atoms with Crippen molar-refractivity contribution in [2.45, 2.75) is 30.3 Å². The van der Waals surface area contributed by atoms with Crippen molar-refractivity contribution in [2.24, 2.45) is 5.10 Å². The maximum Gasteiger partial charge on any atom is 0.416 e. The lowest BCUT2D eigenvalue weighted by Crippen LogP contribution is -2.17. The van der Waals surface area contributed by atoms with Crippen LogP contribution < -0.4 is 9.61 Å². The second-order valence-electron chi connectivity index (χ2n) is 7.23. The molecule has 0 aromatic heterocycles. The Hall–Kier alpha value is -3.66. The van der Waals surface area contributed by atoms with Crippen LogP contribution >= 0.6 is 0 Å². The molecule has 0 bridgehead atoms. The van der Waals surface area contributed by atoms with Gasteiger partial charge in [0, 0.05) is 12.0 Å². The third kappa shape index (κ3) is 7.17. The van der Waals surface area contributed by atoms with Crippen molar-refractivity contribution in [3.63, 3.8) is 0 Å². The van der Waals surface area contributed by atoms with E-state index < -0.39 is 26.8 Å². The van der Waals surface area contributed by atoms with Crippen LogP contribution in [-0.4, -0.2) is 20.5 Å². The number of benzene rings is 3. The Bertz CT molecular complexity index is 1240. The summed E-state index contributed by atoms with van der Waals surface area (Å²) in [4.78, 5) is 11.6. The van der Waals surface area contributed by atoms with E-state index in [0.717, 1.165) is 24.1 Å². The van der Waals surface area contributed by atoms with Gasteiger partial charge in [-0.2, -0.15) is 26.7 Å². The molecule has 0 spiro atoms. The van der Waals surface area contributed by atoms with Crippen molar-refractivity contribution in [3.05, 3.63) is 95.6 Å². The highest BCUT2D eigenvalue weighted by atomic mass is 32.2. The number of rotatable bonds is 9. The van der Waals surface area contributed by atoms with Gasteiger partial charge in [-0.3, -0.25) is 4.79 Å². The lowest BCUT2D eigenvalue weighted by Gasteiger charge is -2.11. The first-order chi connectivity index (χ1) is 16.1. The molecule has 0 saturated carbocycles. The summed E-state index contributed by atoms with van der Waals surface area (Å²) in [5, 5.41) is 3.84. The zero-order valence-corrected chi connectivity index (χ0v) is 18.6. The minimum atomic E-state index is -4.59. The molecule has 3 rings (SSSR count). The molecule has 0 fully saturated rings. The molecule has 178 valence electrons. The van der Waals surface area contributed by atoms with Crippen LogP contribution in [0.5, 0.6) is 5.75 Å². The van der Waals surface area contributed by atoms with Crippen LogP contribution in [0.3, 0.4) is 0 Å². The quantitative estimate of drug-likeness (QED) is 0.261. The Morgan fingerprint density at radius 2 is 1.59 bits per heavy atom. The van der Waals surface area contributed by atoms with Gasteiger partial charge in [0.05, 0.1) is 11.8 Å². The molecule has 3 aromatic rings. The lowest BCUT2D eigenvalue weighted by molar-refractivity contribution is -0.137. The molecule has 3 aromatic carbocycles. The average Bonchev–Trinajstić information content (AvgIpc) is 2.80. The van der Waals surface area contributed by atoms with Crippen molar-refractivity contribution in [1.29, 1.82) is 0 Å². The molecule has 0 radical (unpaired) electrons. The molecule has 0 saturated heterocycles. The Balaban J connectivity index is 1.60. The van der Waals surface area contributed by atoms with Gasteiger partial charge in [-0.15, -0.1) is 0 Å². The summed E-state index contributed by atoms with van der Waals surface area (Å²) in [5.74, 6) is -0.396. The second kappa shape index (κ2) is 11.0. The molecule has 0 aliphatic heterocycles. The first-order valence-electron chi connectivity index (χ1n) is 10.2. The predicted octanol–water partition coefficient (Wildman–Crippen LogP) is 4.95. The number of para-hydroxylation sites is 1. The molecule has 6 nitrogen and oxygen atoms in total. The minimum Gasteiger partial charge on any atom is -0.378 e. The van der Waals surface area contributed by atoms with Gasteiger partial charge >= 0.3 is 16.3 Å². The van der Waals surface area contributed by atoms with Gasteiger partial charge in [-0.05, 0) is 54.8 Å². The fourth-order valence-electron chi connectivity index (χ4n) is 2.97. The standard InChI is InChI=1S/C24H21F3N2O4S/c25-24(26,27)20-13-15-21(16-14-20)34(31,32)33-22-11-5-4-10-19(22)17-28-29-23(30)12-6-9-18-7-2-1-3-8-18/h1-5,7-8,10-11,13-17H,6,9,12H2,(H,29,30). The Morgan fingerprint density at radius 3 is 2.26 bits per heavy atom. The van der Waals surface area contributed by atoms with E-state index in [2.05, 4.69) is 10.5 Å². The first-order valence-corrected chi connectivity index (χ1v) is 11.6. The van der Waals surface area contributed by atoms with E-state index in [9.17, 15) is 26.4 Å². The Kier molecular flexibility index (Phi) is 8.06. The zero-order chi connectivity index (χ0) is 24.6. The third-order valence-corrected chi connectivity index (χ3v) is 5.94. The van der Waals surface area contributed by atoms with Gasteiger partial charge in [0.15, 0.2) is 5.75 Å². The number of hydrogen-bond acceptors (Lipinski definition) is 5. The van der Waals surface area contributed by atoms with E-state index in [0.29, 0.717) is 18.6 Å². The van der Waals surface area contributed by atoms with Crippen LogP contribution in [0.1, 0.15) is 29.5 Å². The molecular weight excluding hydrogens is 469 g/mol. The van der Waals surface area contributed by atoms with Crippen molar-refractivity contribution < 1.29 is 30.6 Å². The Morgan fingerprint density at radius 1 is 0.941 bits per heavy atom. The number of nitrogens with zero attached hydrogens (tertiary/aromatic N) is 1. The van der Waals surface area contributed by atoms with Gasteiger partial charge in [0.25, 0.3) is 0 Å². The number of carbonyl (C=O) groups excluding carboxylic acids is 1. The molecule has 0 atom stereocenters. The number of aryl methyl sites for hydroxylation is 1. The van der Waals surface area contributed by atoms with Gasteiger partial charge < -0.3 is 4.18 Å². The second-order valence-corrected chi connectivity index (χ2v) is 8.78. The largest absolute Gasteiger partial charge is 0.416 e. The summed E-state index contributed by atoms with van der Waals surface area (Å²) in [6, 6.07) is 18.7. The SMILES string of the molecule is O=C(CCCc1ccccc1)NN=Cc1ccccc1OS(=O)(=O)c1ccc(C(F)(F)F)cc1. The van der Waals surface area contributed by atoms with Crippen molar-refractivity contribution in [1.82, 2.24) is 5.43 Å². The number of hydrogen-bond donors (Lipinski definition) is 1. The van der Waals surface area contributed by atoms with Crippen LogP contribution in [-0.2, 0) is 27.5 Å². The van der Waals surface area contributed by atoms with Crippen molar-refractivity contribution >= 4 is 22.2 Å². The molecule has 0 aliphatic rings. The van der Waals surface area contributed by atoms with Crippen LogP contribution in [0.15, 0.2) is 88.9 Å². The normalized spacial score (nSPS) is 12.0. The summed E-state index contributed by atoms with van der Waals surface area (Å²) in [6.07, 6.45) is -1.72. The van der Waals surface area contributed by atoms with E-state index in [1.165, 1.54) is 24.4 Å². The molecule has 0 heterocycles. The predicted molar refractivity (Wildman–Crippen MR) is 121 cm³/mol. The Labute approximate surface area is 195 Å². The maximum absolute atomic E-state index is 12.7. The number of hydrazone groups is 1. The monoisotopic (exact) mass is 490 g/mol. The molecule has 0 aliphatic carbocycles. The van der Waals surface area contributed by atoms with Crippen molar-refractivity contribution in [2.75, 3.05) is 0 Å². The minimum absolute atomic E-state index is 0.0931. The topological polar surface area (TPSA) is 84.8 Å². The van der Waals surface area contributed by atoms with Crippen molar-refractivity contribution in [3.8, 4) is 5.75 Å². The van der Waals surface area contributed by atoms with Crippen LogP contribution in [0.25, 0.3) is 0 Å². The first kappa shape index (κ1) is 25.0. The van der Waals surface area contributed by atoms with Gasteiger partial charge in [-0.1, -0.05) is 42.5 Å². The van der Waals surface area contributed by atoms with Crippen LogP contribution in [0.2, 0.25) is 0 Å². The van der Waals surface area contributed by atoms with Gasteiger partial charge in [-0.25, -0.2) is 5.43 Å². The maximum atomic E-state index is 12.7. The highest BCUT2D eigenvalue weighted by Crippen LogP contribution is 2.30. The van der Waals surface area contributed by atoms with Gasteiger partial charge in [0.1, 0.15) is 4.90 Å². The molecule has 1 N–H and O–H groups in total. The zero-order valence-electron chi connectivity index (χ0n) is 17.8.